The van der Waals surface area contributed by atoms with Crippen LogP contribution in [0.5, 0.6) is 0 Å². The first kappa shape index (κ1) is 15.4. The minimum Gasteiger partial charge on any atom is -0.308 e. The highest BCUT2D eigenvalue weighted by Gasteiger charge is 2.39. The van der Waals surface area contributed by atoms with Crippen molar-refractivity contribution in [2.45, 2.75) is 11.7 Å². The summed E-state index contributed by atoms with van der Waals surface area (Å²) in [7, 11) is 1.49. The third kappa shape index (κ3) is 3.19. The molecule has 0 radical (unpaired) electrons. The van der Waals surface area contributed by atoms with Crippen LogP contribution in [0.2, 0.25) is 10.0 Å². The van der Waals surface area contributed by atoms with Crippen LogP contribution < -0.4 is 4.90 Å². The van der Waals surface area contributed by atoms with Gasteiger partial charge in [0.05, 0.1) is 15.7 Å². The number of carbonyl (C=O) groups is 1. The molecule has 2 rings (SSSR count). The highest BCUT2D eigenvalue weighted by atomic mass is 79.9. The number of benzene rings is 1. The first-order chi connectivity index (χ1) is 8.70. The van der Waals surface area contributed by atoms with Gasteiger partial charge in [0.2, 0.25) is 15.0 Å². The lowest BCUT2D eigenvalue weighted by molar-refractivity contribution is -0.117. The highest BCUT2D eigenvalue weighted by molar-refractivity contribution is 9.10. The molecule has 1 aromatic carbocycles. The molecular weight excluding hydrogens is 400 g/mol. The van der Waals surface area contributed by atoms with Gasteiger partial charge in [0.25, 0.3) is 0 Å². The zero-order valence-electron chi connectivity index (χ0n) is 9.24. The van der Waals surface area contributed by atoms with Crippen molar-refractivity contribution in [3.8, 4) is 0 Å². The van der Waals surface area contributed by atoms with Crippen LogP contribution in [0.15, 0.2) is 16.6 Å². The summed E-state index contributed by atoms with van der Waals surface area (Å²) in [6.07, 6.45) is -0.172. The maximum atomic E-state index is 11.9. The van der Waals surface area contributed by atoms with Crippen LogP contribution in [0.25, 0.3) is 0 Å². The Morgan fingerprint density at radius 1 is 1.26 bits per heavy atom. The van der Waals surface area contributed by atoms with E-state index in [1.165, 1.54) is 4.90 Å². The predicted molar refractivity (Wildman–Crippen MR) is 79.7 cm³/mol. The van der Waals surface area contributed by atoms with E-state index in [4.69, 9.17) is 33.9 Å². The molecular formula is C10H7BrCl3NO3S. The molecule has 0 bridgehead atoms. The maximum Gasteiger partial charge on any atom is 0.237 e. The molecule has 1 amide bonds. The molecule has 0 aliphatic carbocycles. The molecule has 0 N–H and O–H groups in total. The summed E-state index contributed by atoms with van der Waals surface area (Å²) >= 11 is 15.3. The number of hydrogen-bond donors (Lipinski definition) is 0. The fourth-order valence-corrected chi connectivity index (χ4v) is 4.31. The van der Waals surface area contributed by atoms with Crippen molar-refractivity contribution in [1.29, 1.82) is 0 Å². The molecule has 9 heteroatoms. The molecule has 0 aromatic heterocycles. The number of amides is 1. The molecule has 1 heterocycles. The van der Waals surface area contributed by atoms with Gasteiger partial charge in [-0.2, -0.15) is 0 Å². The Hall–Kier alpha value is -0.0100. The van der Waals surface area contributed by atoms with Crippen LogP contribution in [-0.2, 0) is 13.8 Å². The first-order valence-corrected chi connectivity index (χ1v) is 9.00. The Kier molecular flexibility index (Phi) is 4.38. The molecule has 1 unspecified atom stereocenters. The lowest BCUT2D eigenvalue weighted by Gasteiger charge is -2.19. The Balaban J connectivity index is 2.42. The van der Waals surface area contributed by atoms with E-state index in [9.17, 15) is 13.2 Å². The summed E-state index contributed by atoms with van der Waals surface area (Å²) in [5.41, 5.74) is 0.305. The molecule has 104 valence electrons. The van der Waals surface area contributed by atoms with Gasteiger partial charge in [-0.05, 0) is 12.1 Å². The Morgan fingerprint density at radius 2 is 1.79 bits per heavy atom. The van der Waals surface area contributed by atoms with Crippen molar-refractivity contribution in [3.05, 3.63) is 26.7 Å². The summed E-state index contributed by atoms with van der Waals surface area (Å²) in [4.78, 5) is 13.1. The normalized spacial score (nSPS) is 20.1. The fraction of sp³-hybridized carbons (Fsp3) is 0.300. The zero-order valence-corrected chi connectivity index (χ0v) is 13.9. The minimum absolute atomic E-state index is 0.0499. The number of rotatable bonds is 2. The molecule has 0 spiro atoms. The third-order valence-electron chi connectivity index (χ3n) is 2.74. The lowest BCUT2D eigenvalue weighted by Crippen LogP contribution is -2.27. The van der Waals surface area contributed by atoms with Crippen molar-refractivity contribution in [2.24, 2.45) is 0 Å². The number of halogens is 4. The Bertz CT molecular complexity index is 626. The molecule has 1 aliphatic rings. The van der Waals surface area contributed by atoms with Gasteiger partial charge < -0.3 is 4.90 Å². The van der Waals surface area contributed by atoms with E-state index in [2.05, 4.69) is 15.9 Å². The summed E-state index contributed by atoms with van der Waals surface area (Å²) in [6, 6.07) is 3.16. The van der Waals surface area contributed by atoms with Crippen LogP contribution in [0, 0.1) is 0 Å². The van der Waals surface area contributed by atoms with Gasteiger partial charge in [-0.25, -0.2) is 8.42 Å². The average molecular weight is 408 g/mol. The van der Waals surface area contributed by atoms with Crippen molar-refractivity contribution in [1.82, 2.24) is 0 Å². The second kappa shape index (κ2) is 5.41. The average Bonchev–Trinajstić information content (AvgIpc) is 2.59. The zero-order chi connectivity index (χ0) is 14.4. The molecule has 4 nitrogen and oxygen atoms in total. The summed E-state index contributed by atoms with van der Waals surface area (Å²) in [6.45, 7) is -0.0499. The number of carbonyl (C=O) groups excluding carboxylic acids is 1. The molecule has 1 aliphatic heterocycles. The van der Waals surface area contributed by atoms with E-state index < -0.39 is 14.3 Å². The number of anilines is 1. The quantitative estimate of drug-likeness (QED) is 0.706. The Morgan fingerprint density at radius 3 is 2.21 bits per heavy atom. The van der Waals surface area contributed by atoms with Crippen molar-refractivity contribution in [2.75, 3.05) is 11.4 Å². The van der Waals surface area contributed by atoms with E-state index in [-0.39, 0.29) is 28.9 Å². The van der Waals surface area contributed by atoms with E-state index in [1.807, 2.05) is 0 Å². The minimum atomic E-state index is -3.80. The SMILES string of the molecule is O=C1CC(S(=O)(=O)Cl)CN1c1c(Cl)cc(Br)cc1Cl. The van der Waals surface area contributed by atoms with E-state index in [0.717, 1.165) is 0 Å². The smallest absolute Gasteiger partial charge is 0.237 e. The first-order valence-electron chi connectivity index (χ1n) is 5.08. The summed E-state index contributed by atoms with van der Waals surface area (Å²) in [5.74, 6) is -0.375. The molecule has 1 atom stereocenters. The van der Waals surface area contributed by atoms with Gasteiger partial charge in [-0.1, -0.05) is 39.1 Å². The third-order valence-corrected chi connectivity index (χ3v) is 5.64. The van der Waals surface area contributed by atoms with Gasteiger partial charge in [0.15, 0.2) is 0 Å². The van der Waals surface area contributed by atoms with Crippen LogP contribution in [0.4, 0.5) is 5.69 Å². The van der Waals surface area contributed by atoms with E-state index in [0.29, 0.717) is 10.2 Å². The summed E-state index contributed by atoms with van der Waals surface area (Å²) < 4.78 is 23.3. The monoisotopic (exact) mass is 405 g/mol. The molecule has 0 saturated carbocycles. The maximum absolute atomic E-state index is 11.9. The van der Waals surface area contributed by atoms with Crippen LogP contribution in [0.3, 0.4) is 0 Å². The lowest BCUT2D eigenvalue weighted by atomic mass is 10.3. The van der Waals surface area contributed by atoms with E-state index >= 15 is 0 Å². The van der Waals surface area contributed by atoms with Crippen molar-refractivity contribution in [3.63, 3.8) is 0 Å². The molecule has 1 saturated heterocycles. The second-order valence-electron chi connectivity index (χ2n) is 4.02. The number of nitrogens with zero attached hydrogens (tertiary/aromatic N) is 1. The highest BCUT2D eigenvalue weighted by Crippen LogP contribution is 2.39. The molecule has 1 fully saturated rings. The second-order valence-corrected chi connectivity index (χ2v) is 8.66. The van der Waals surface area contributed by atoms with Gasteiger partial charge in [-0.15, -0.1) is 0 Å². The van der Waals surface area contributed by atoms with Crippen LogP contribution >= 0.6 is 49.8 Å². The van der Waals surface area contributed by atoms with Gasteiger partial charge in [0, 0.05) is 28.1 Å². The topological polar surface area (TPSA) is 54.5 Å². The van der Waals surface area contributed by atoms with Gasteiger partial charge in [-0.3, -0.25) is 4.79 Å². The molecule has 19 heavy (non-hydrogen) atoms. The largest absolute Gasteiger partial charge is 0.308 e. The standard InChI is InChI=1S/C10H7BrCl3NO3S/c11-5-1-7(12)10(8(13)2-5)15-4-6(3-9(15)16)19(14,17)18/h1-2,6H,3-4H2. The van der Waals surface area contributed by atoms with E-state index in [1.54, 1.807) is 12.1 Å². The number of hydrogen-bond acceptors (Lipinski definition) is 3. The predicted octanol–water partition coefficient (Wildman–Crippen LogP) is 3.43. The fourth-order valence-electron chi connectivity index (χ4n) is 1.87. The van der Waals surface area contributed by atoms with Crippen LogP contribution in [0.1, 0.15) is 6.42 Å². The van der Waals surface area contributed by atoms with Crippen LogP contribution in [-0.4, -0.2) is 26.1 Å². The Labute approximate surface area is 133 Å². The van der Waals surface area contributed by atoms with Crippen molar-refractivity contribution < 1.29 is 13.2 Å². The van der Waals surface area contributed by atoms with Crippen molar-refractivity contribution >= 4 is 70.5 Å². The molecule has 1 aromatic rings. The summed E-state index contributed by atoms with van der Waals surface area (Å²) in [5, 5.41) is -0.418. The van der Waals surface area contributed by atoms with Gasteiger partial charge in [0.1, 0.15) is 5.25 Å². The van der Waals surface area contributed by atoms with Gasteiger partial charge >= 0.3 is 0 Å².